The van der Waals surface area contributed by atoms with Crippen LogP contribution in [0.4, 0.5) is 5.69 Å². The fourth-order valence-electron chi connectivity index (χ4n) is 0.958. The Morgan fingerprint density at radius 2 is 2.38 bits per heavy atom. The Hall–Kier alpha value is -1.62. The summed E-state index contributed by atoms with van der Waals surface area (Å²) >= 11 is 0. The van der Waals surface area contributed by atoms with E-state index in [2.05, 4.69) is 5.32 Å². The molecule has 0 saturated carbocycles. The van der Waals surface area contributed by atoms with Crippen LogP contribution in [0.15, 0.2) is 23.1 Å². The molecule has 0 spiro atoms. The van der Waals surface area contributed by atoms with Gasteiger partial charge in [0.25, 0.3) is 5.56 Å². The molecule has 0 fully saturated rings. The maximum absolute atomic E-state index is 11.2. The number of pyridine rings is 1. The Morgan fingerprint density at radius 1 is 1.62 bits per heavy atom. The van der Waals surface area contributed by atoms with E-state index in [0.29, 0.717) is 12.1 Å². The molecular weight excluding hydrogens is 172 g/mol. The van der Waals surface area contributed by atoms with Crippen LogP contribution < -0.4 is 10.9 Å². The van der Waals surface area contributed by atoms with Crippen LogP contribution in [0, 0.1) is 0 Å². The number of aliphatic hydroxyl groups excluding tert-OH is 1. The zero-order valence-electron chi connectivity index (χ0n) is 6.93. The first-order valence-electron chi connectivity index (χ1n) is 3.79. The molecule has 1 rings (SSSR count). The number of aliphatic hydroxyl groups is 1. The van der Waals surface area contributed by atoms with Crippen LogP contribution >= 0.6 is 0 Å². The van der Waals surface area contributed by atoms with E-state index in [1.54, 1.807) is 6.07 Å². The molecule has 13 heavy (non-hydrogen) atoms. The summed E-state index contributed by atoms with van der Waals surface area (Å²) in [5.41, 5.74) is 0.204. The monoisotopic (exact) mass is 182 g/mol. The van der Waals surface area contributed by atoms with Gasteiger partial charge in [0.15, 0.2) is 0 Å². The molecule has 2 N–H and O–H groups in total. The molecule has 0 aliphatic carbocycles. The van der Waals surface area contributed by atoms with Crippen molar-refractivity contribution in [2.75, 3.05) is 11.9 Å². The molecule has 0 saturated heterocycles. The van der Waals surface area contributed by atoms with Gasteiger partial charge in [-0.2, -0.15) is 0 Å². The van der Waals surface area contributed by atoms with Crippen molar-refractivity contribution in [3.8, 4) is 0 Å². The summed E-state index contributed by atoms with van der Waals surface area (Å²) in [6.07, 6.45) is 2.02. The van der Waals surface area contributed by atoms with E-state index in [-0.39, 0.29) is 18.7 Å². The van der Waals surface area contributed by atoms with Crippen molar-refractivity contribution in [2.24, 2.45) is 0 Å². The smallest absolute Gasteiger partial charge is 0.252 e. The van der Waals surface area contributed by atoms with Crippen LogP contribution in [0.3, 0.4) is 0 Å². The fourth-order valence-corrected chi connectivity index (χ4v) is 0.958. The molecule has 0 atom stereocenters. The molecular formula is C8H10N2O3. The molecule has 0 radical (unpaired) electrons. The Kier molecular flexibility index (Phi) is 3.22. The van der Waals surface area contributed by atoms with Gasteiger partial charge in [-0.1, -0.05) is 0 Å². The van der Waals surface area contributed by atoms with Gasteiger partial charge < -0.3 is 15.0 Å². The van der Waals surface area contributed by atoms with Crippen molar-refractivity contribution < 1.29 is 9.90 Å². The van der Waals surface area contributed by atoms with Gasteiger partial charge in [-0.15, -0.1) is 0 Å². The predicted molar refractivity (Wildman–Crippen MR) is 47.5 cm³/mol. The molecule has 0 unspecified atom stereocenters. The van der Waals surface area contributed by atoms with Gasteiger partial charge in [-0.05, 0) is 6.07 Å². The first-order chi connectivity index (χ1) is 6.27. The van der Waals surface area contributed by atoms with Crippen LogP contribution in [0.25, 0.3) is 0 Å². The van der Waals surface area contributed by atoms with Gasteiger partial charge >= 0.3 is 0 Å². The number of aromatic nitrogens is 1. The van der Waals surface area contributed by atoms with Crippen LogP contribution in [0.1, 0.15) is 0 Å². The van der Waals surface area contributed by atoms with Gasteiger partial charge in [0, 0.05) is 24.5 Å². The summed E-state index contributed by atoms with van der Waals surface area (Å²) in [5, 5.41) is 10.9. The summed E-state index contributed by atoms with van der Waals surface area (Å²) in [4.78, 5) is 21.2. The molecule has 0 aliphatic heterocycles. The number of carbonyl (C=O) groups excluding carboxylic acids is 1. The van der Waals surface area contributed by atoms with E-state index in [1.165, 1.54) is 16.8 Å². The van der Waals surface area contributed by atoms with E-state index in [0.717, 1.165) is 0 Å². The summed E-state index contributed by atoms with van der Waals surface area (Å²) in [6.45, 7) is 0.181. The Morgan fingerprint density at radius 3 is 2.92 bits per heavy atom. The lowest BCUT2D eigenvalue weighted by atomic mass is 10.4. The third kappa shape index (κ3) is 2.41. The number of anilines is 1. The highest BCUT2D eigenvalue weighted by Crippen LogP contribution is 1.99. The fraction of sp³-hybridized carbons (Fsp3) is 0.250. The average molecular weight is 182 g/mol. The number of rotatable bonds is 4. The number of hydrogen-bond donors (Lipinski definition) is 2. The van der Waals surface area contributed by atoms with Gasteiger partial charge in [0.2, 0.25) is 6.41 Å². The molecule has 1 heterocycles. The highest BCUT2D eigenvalue weighted by Gasteiger charge is 1.96. The van der Waals surface area contributed by atoms with Gasteiger partial charge in [-0.3, -0.25) is 9.59 Å². The quantitative estimate of drug-likeness (QED) is 0.611. The Balaban J connectivity index is 2.91. The second-order valence-corrected chi connectivity index (χ2v) is 2.43. The lowest BCUT2D eigenvalue weighted by molar-refractivity contribution is -0.105. The van der Waals surface area contributed by atoms with E-state index >= 15 is 0 Å². The maximum Gasteiger partial charge on any atom is 0.252 e. The molecule has 1 aromatic heterocycles. The first kappa shape index (κ1) is 9.47. The molecule has 70 valence electrons. The highest BCUT2D eigenvalue weighted by atomic mass is 16.3. The van der Waals surface area contributed by atoms with Gasteiger partial charge in [0.05, 0.1) is 6.61 Å². The van der Waals surface area contributed by atoms with Crippen molar-refractivity contribution >= 4 is 12.1 Å². The zero-order chi connectivity index (χ0) is 9.68. The number of carbonyl (C=O) groups is 1. The zero-order valence-corrected chi connectivity index (χ0v) is 6.93. The summed E-state index contributed by atoms with van der Waals surface area (Å²) in [7, 11) is 0. The van der Waals surface area contributed by atoms with Crippen molar-refractivity contribution in [1.82, 2.24) is 4.57 Å². The van der Waals surface area contributed by atoms with Gasteiger partial charge in [-0.25, -0.2) is 0 Å². The van der Waals surface area contributed by atoms with Gasteiger partial charge in [0.1, 0.15) is 0 Å². The Labute approximate surface area is 74.6 Å². The van der Waals surface area contributed by atoms with Crippen LogP contribution in [-0.2, 0) is 11.3 Å². The second kappa shape index (κ2) is 4.42. The summed E-state index contributed by atoms with van der Waals surface area (Å²) in [5.74, 6) is 0. The van der Waals surface area contributed by atoms with Crippen LogP contribution in [-0.4, -0.2) is 22.7 Å². The number of nitrogens with zero attached hydrogens (tertiary/aromatic N) is 1. The molecule has 0 bridgehead atoms. The standard InChI is InChI=1S/C8H10N2O3/c11-4-3-10-2-1-7(9-6-12)5-8(10)13/h1-2,5-6,11H,3-4H2,(H,9,12). The molecule has 5 nitrogen and oxygen atoms in total. The van der Waals surface area contributed by atoms with Crippen molar-refractivity contribution in [2.45, 2.75) is 6.54 Å². The van der Waals surface area contributed by atoms with Crippen molar-refractivity contribution in [1.29, 1.82) is 0 Å². The minimum absolute atomic E-state index is 0.0830. The van der Waals surface area contributed by atoms with Crippen molar-refractivity contribution in [3.05, 3.63) is 28.7 Å². The largest absolute Gasteiger partial charge is 0.395 e. The number of hydrogen-bond acceptors (Lipinski definition) is 3. The lowest BCUT2D eigenvalue weighted by Gasteiger charge is -2.03. The van der Waals surface area contributed by atoms with Crippen LogP contribution in [0.2, 0.25) is 0 Å². The summed E-state index contributed by atoms with van der Waals surface area (Å²) in [6, 6.07) is 2.88. The van der Waals surface area contributed by atoms with Crippen molar-refractivity contribution in [3.63, 3.8) is 0 Å². The third-order valence-corrected chi connectivity index (χ3v) is 1.56. The predicted octanol–water partition coefficient (Wildman–Crippen LogP) is -0.591. The summed E-state index contributed by atoms with van der Waals surface area (Å²) < 4.78 is 1.36. The number of nitrogens with one attached hydrogen (secondary N) is 1. The minimum atomic E-state index is -0.249. The molecule has 0 aromatic carbocycles. The Bertz CT molecular complexity index is 345. The van der Waals surface area contributed by atoms with E-state index in [9.17, 15) is 9.59 Å². The highest BCUT2D eigenvalue weighted by molar-refractivity contribution is 5.70. The minimum Gasteiger partial charge on any atom is -0.395 e. The maximum atomic E-state index is 11.2. The van der Waals surface area contributed by atoms with E-state index in [4.69, 9.17) is 5.11 Å². The molecule has 5 heteroatoms. The average Bonchev–Trinajstić information content (AvgIpc) is 2.10. The normalized spacial score (nSPS) is 9.62. The number of amides is 1. The lowest BCUT2D eigenvalue weighted by Crippen LogP contribution is -2.20. The van der Waals surface area contributed by atoms with E-state index in [1.807, 2.05) is 0 Å². The van der Waals surface area contributed by atoms with E-state index < -0.39 is 0 Å². The second-order valence-electron chi connectivity index (χ2n) is 2.43. The van der Waals surface area contributed by atoms with Crippen LogP contribution in [0.5, 0.6) is 0 Å². The molecule has 0 aliphatic rings. The molecule has 1 amide bonds. The first-order valence-corrected chi connectivity index (χ1v) is 3.79. The third-order valence-electron chi connectivity index (χ3n) is 1.56. The molecule has 1 aromatic rings. The SMILES string of the molecule is O=CNc1ccn(CCO)c(=O)c1. The topological polar surface area (TPSA) is 71.3 Å².